The van der Waals surface area contributed by atoms with Crippen LogP contribution in [0.5, 0.6) is 0 Å². The monoisotopic (exact) mass is 343 g/mol. The summed E-state index contributed by atoms with van der Waals surface area (Å²) < 4.78 is 8.84. The maximum atomic E-state index is 12.4. The summed E-state index contributed by atoms with van der Waals surface area (Å²) in [6.45, 7) is 6.52. The molecule has 0 aliphatic rings. The standard InChI is InChI=1S/C20H27N2O3/c1-4-6-7-18(20(24)25-5-2)22-13-12-21(15-22)14-19(23)17-10-8-16(3)9-11-17/h8-13,15,18H,4-7,14H2,1-3H3/q+1. The highest BCUT2D eigenvalue weighted by Crippen LogP contribution is 2.16. The minimum Gasteiger partial charge on any atom is -0.463 e. The number of hydrogen-bond donors (Lipinski definition) is 0. The third kappa shape index (κ3) is 5.28. The van der Waals surface area contributed by atoms with E-state index < -0.39 is 0 Å². The van der Waals surface area contributed by atoms with E-state index in [0.29, 0.717) is 12.2 Å². The number of aromatic nitrogens is 2. The number of nitrogens with zero attached hydrogens (tertiary/aromatic N) is 2. The maximum Gasteiger partial charge on any atom is 0.351 e. The fraction of sp³-hybridized carbons (Fsp3) is 0.450. The molecule has 2 aromatic rings. The lowest BCUT2D eigenvalue weighted by Gasteiger charge is -2.11. The van der Waals surface area contributed by atoms with Gasteiger partial charge < -0.3 is 4.74 Å². The van der Waals surface area contributed by atoms with E-state index in [1.165, 1.54) is 0 Å². The van der Waals surface area contributed by atoms with E-state index >= 15 is 0 Å². The first-order valence-electron chi connectivity index (χ1n) is 8.88. The third-order valence-corrected chi connectivity index (χ3v) is 4.16. The molecule has 1 unspecified atom stereocenters. The number of Topliss-reactive ketones (excluding diaryl/α,β-unsaturated/α-hetero) is 1. The molecule has 2 rings (SSSR count). The van der Waals surface area contributed by atoms with E-state index in [-0.39, 0.29) is 24.3 Å². The van der Waals surface area contributed by atoms with Crippen LogP contribution in [0.4, 0.5) is 0 Å². The lowest BCUT2D eigenvalue weighted by molar-refractivity contribution is -0.682. The lowest BCUT2D eigenvalue weighted by atomic mass is 10.1. The van der Waals surface area contributed by atoms with Gasteiger partial charge in [-0.05, 0) is 26.7 Å². The van der Waals surface area contributed by atoms with Crippen LogP contribution < -0.4 is 4.57 Å². The van der Waals surface area contributed by atoms with Crippen LogP contribution in [-0.4, -0.2) is 22.9 Å². The van der Waals surface area contributed by atoms with Gasteiger partial charge in [-0.15, -0.1) is 0 Å². The zero-order valence-electron chi connectivity index (χ0n) is 15.3. The first-order chi connectivity index (χ1) is 12.0. The van der Waals surface area contributed by atoms with Crippen LogP contribution in [-0.2, 0) is 16.1 Å². The number of rotatable bonds is 9. The third-order valence-electron chi connectivity index (χ3n) is 4.16. The van der Waals surface area contributed by atoms with Crippen molar-refractivity contribution in [3.8, 4) is 0 Å². The first-order valence-corrected chi connectivity index (χ1v) is 8.88. The Morgan fingerprint density at radius 2 is 1.92 bits per heavy atom. The fourth-order valence-electron chi connectivity index (χ4n) is 2.71. The molecule has 0 spiro atoms. The summed E-state index contributed by atoms with van der Waals surface area (Å²) in [5.41, 5.74) is 1.82. The minimum absolute atomic E-state index is 0.0454. The molecule has 5 nitrogen and oxygen atoms in total. The first kappa shape index (κ1) is 18.9. The Balaban J connectivity index is 2.09. The second kappa shape index (κ2) is 9.16. The van der Waals surface area contributed by atoms with E-state index in [0.717, 1.165) is 24.8 Å². The Morgan fingerprint density at radius 1 is 1.20 bits per heavy atom. The number of ketones is 1. The quantitative estimate of drug-likeness (QED) is 0.399. The summed E-state index contributed by atoms with van der Waals surface area (Å²) in [4.78, 5) is 24.6. The van der Waals surface area contributed by atoms with Crippen molar-refractivity contribution in [1.29, 1.82) is 0 Å². The number of aryl methyl sites for hydroxylation is 1. The molecule has 1 heterocycles. The normalized spacial score (nSPS) is 12.0. The minimum atomic E-state index is -0.337. The molecule has 0 aliphatic carbocycles. The summed E-state index contributed by atoms with van der Waals surface area (Å²) in [7, 11) is 0. The van der Waals surface area contributed by atoms with Crippen LogP contribution in [0, 0.1) is 6.92 Å². The molecule has 1 aromatic heterocycles. The molecule has 0 N–H and O–H groups in total. The predicted molar refractivity (Wildman–Crippen MR) is 95.3 cm³/mol. The van der Waals surface area contributed by atoms with Gasteiger partial charge in [-0.3, -0.25) is 4.79 Å². The van der Waals surface area contributed by atoms with Crippen LogP contribution >= 0.6 is 0 Å². The van der Waals surface area contributed by atoms with Crippen molar-refractivity contribution in [1.82, 2.24) is 4.57 Å². The molecule has 5 heteroatoms. The molecule has 0 saturated heterocycles. The van der Waals surface area contributed by atoms with Gasteiger partial charge in [-0.1, -0.05) is 43.2 Å². The van der Waals surface area contributed by atoms with E-state index in [1.54, 1.807) is 4.57 Å². The Labute approximate surface area is 149 Å². The van der Waals surface area contributed by atoms with Crippen LogP contribution in [0.1, 0.15) is 55.1 Å². The molecule has 1 aromatic carbocycles. The highest BCUT2D eigenvalue weighted by Gasteiger charge is 2.26. The zero-order valence-corrected chi connectivity index (χ0v) is 15.3. The number of ether oxygens (including phenoxy) is 1. The molecule has 0 aliphatic heterocycles. The smallest absolute Gasteiger partial charge is 0.351 e. The average Bonchev–Trinajstić information content (AvgIpc) is 3.04. The van der Waals surface area contributed by atoms with Crippen molar-refractivity contribution >= 4 is 11.8 Å². The Kier molecular flexibility index (Phi) is 6.92. The van der Waals surface area contributed by atoms with Crippen molar-refractivity contribution in [3.63, 3.8) is 0 Å². The topological polar surface area (TPSA) is 52.2 Å². The number of carbonyl (C=O) groups is 2. The van der Waals surface area contributed by atoms with Crippen LogP contribution in [0.2, 0.25) is 0 Å². The molecule has 25 heavy (non-hydrogen) atoms. The van der Waals surface area contributed by atoms with Gasteiger partial charge in [0.15, 0.2) is 12.6 Å². The average molecular weight is 343 g/mol. The van der Waals surface area contributed by atoms with Gasteiger partial charge in [0.2, 0.25) is 12.1 Å². The van der Waals surface area contributed by atoms with Crippen molar-refractivity contribution in [3.05, 3.63) is 54.1 Å². The SMILES string of the molecule is CCCCC(C(=O)OCC)n1cc[n+](CC(=O)c2ccc(C)cc2)c1. The highest BCUT2D eigenvalue weighted by atomic mass is 16.5. The number of esters is 1. The predicted octanol–water partition coefficient (Wildman–Crippen LogP) is 3.26. The Bertz CT molecular complexity index is 704. The second-order valence-electron chi connectivity index (χ2n) is 6.23. The van der Waals surface area contributed by atoms with Gasteiger partial charge in [0, 0.05) is 5.56 Å². The molecular formula is C20H27N2O3+. The summed E-state index contributed by atoms with van der Waals surface area (Å²) in [6, 6.07) is 7.22. The molecular weight excluding hydrogens is 316 g/mol. The Morgan fingerprint density at radius 3 is 2.56 bits per heavy atom. The van der Waals surface area contributed by atoms with Crippen LogP contribution in [0.15, 0.2) is 43.0 Å². The van der Waals surface area contributed by atoms with Gasteiger partial charge in [0.25, 0.3) is 0 Å². The molecule has 0 radical (unpaired) electrons. The van der Waals surface area contributed by atoms with E-state index in [9.17, 15) is 9.59 Å². The number of hydrogen-bond acceptors (Lipinski definition) is 3. The van der Waals surface area contributed by atoms with Gasteiger partial charge in [-0.2, -0.15) is 0 Å². The fourth-order valence-corrected chi connectivity index (χ4v) is 2.71. The van der Waals surface area contributed by atoms with Gasteiger partial charge in [0.1, 0.15) is 12.4 Å². The van der Waals surface area contributed by atoms with Crippen molar-refractivity contribution in [2.24, 2.45) is 0 Å². The lowest BCUT2D eigenvalue weighted by Crippen LogP contribution is -2.36. The van der Waals surface area contributed by atoms with Crippen molar-refractivity contribution in [2.75, 3.05) is 6.61 Å². The second-order valence-corrected chi connectivity index (χ2v) is 6.23. The number of imidazole rings is 1. The summed E-state index contributed by atoms with van der Waals surface area (Å²) in [5, 5.41) is 0. The Hall–Kier alpha value is -2.43. The number of unbranched alkanes of at least 4 members (excludes halogenated alkanes) is 1. The van der Waals surface area contributed by atoms with Crippen LogP contribution in [0.25, 0.3) is 0 Å². The van der Waals surface area contributed by atoms with E-state index in [4.69, 9.17) is 4.74 Å². The molecule has 0 fully saturated rings. The van der Waals surface area contributed by atoms with Gasteiger partial charge >= 0.3 is 5.97 Å². The van der Waals surface area contributed by atoms with E-state index in [2.05, 4.69) is 6.92 Å². The van der Waals surface area contributed by atoms with Gasteiger partial charge in [-0.25, -0.2) is 13.9 Å². The molecule has 134 valence electrons. The van der Waals surface area contributed by atoms with Crippen molar-refractivity contribution < 1.29 is 18.9 Å². The molecule has 0 bridgehead atoms. The van der Waals surface area contributed by atoms with Crippen molar-refractivity contribution in [2.45, 2.75) is 52.6 Å². The number of benzene rings is 1. The highest BCUT2D eigenvalue weighted by molar-refractivity contribution is 5.95. The number of carbonyl (C=O) groups excluding carboxylic acids is 2. The maximum absolute atomic E-state index is 12.4. The van der Waals surface area contributed by atoms with E-state index in [1.807, 2.05) is 61.4 Å². The summed E-state index contributed by atoms with van der Waals surface area (Å²) >= 11 is 0. The largest absolute Gasteiger partial charge is 0.463 e. The molecule has 0 amide bonds. The zero-order chi connectivity index (χ0) is 18.2. The van der Waals surface area contributed by atoms with Crippen LogP contribution in [0.3, 0.4) is 0 Å². The summed E-state index contributed by atoms with van der Waals surface area (Å²) in [6.07, 6.45) is 8.16. The summed E-state index contributed by atoms with van der Waals surface area (Å²) in [5.74, 6) is -0.174. The molecule has 1 atom stereocenters. The molecule has 0 saturated carbocycles. The van der Waals surface area contributed by atoms with Gasteiger partial charge in [0.05, 0.1) is 6.61 Å².